The SMILES string of the molecule is CO/N=C(\C(=O)N[C@@H]1C(=O)N2C(C(=O)OCc3ccc(OC)cc3)=C(C=Cc3cc(=O)c(OC(c4ccccc4)c4ccccc4)cn3C)CS[C@H]12)c1csc(NC(c2ccccc2)(c2ccccc2)c2ccccc2)n1. The summed E-state index contributed by atoms with van der Waals surface area (Å²) in [6, 6.07) is 57.1. The van der Waals surface area contributed by atoms with Crippen molar-refractivity contribution < 1.29 is 33.4 Å². The van der Waals surface area contributed by atoms with Crippen molar-refractivity contribution in [2.24, 2.45) is 12.2 Å². The van der Waals surface area contributed by atoms with Crippen LogP contribution in [0.15, 0.2) is 221 Å². The Hall–Kier alpha value is -8.99. The molecule has 14 nitrogen and oxygen atoms in total. The third kappa shape index (κ3) is 10.9. The number of fused-ring (bicyclic) bond motifs is 1. The first-order valence-electron chi connectivity index (χ1n) is 24.6. The van der Waals surface area contributed by atoms with Crippen LogP contribution in [0.25, 0.3) is 6.08 Å². The maximum absolute atomic E-state index is 14.4. The van der Waals surface area contributed by atoms with Crippen molar-refractivity contribution in [1.82, 2.24) is 19.8 Å². The van der Waals surface area contributed by atoms with Crippen molar-refractivity contribution in [2.45, 2.75) is 29.7 Å². The average molecular weight is 1060 g/mol. The number of rotatable bonds is 19. The van der Waals surface area contributed by atoms with Crippen molar-refractivity contribution in [3.8, 4) is 11.5 Å². The number of pyridine rings is 1. The zero-order valence-electron chi connectivity index (χ0n) is 42.1. The lowest BCUT2D eigenvalue weighted by molar-refractivity contribution is -0.153. The molecule has 0 saturated carbocycles. The number of carbonyl (C=O) groups is 3. The molecule has 2 atom stereocenters. The molecule has 2 aliphatic heterocycles. The number of methoxy groups -OCH3 is 1. The fourth-order valence-electron chi connectivity index (χ4n) is 9.36. The van der Waals surface area contributed by atoms with E-state index in [1.807, 2.05) is 115 Å². The van der Waals surface area contributed by atoms with Crippen LogP contribution >= 0.6 is 23.1 Å². The fourth-order valence-corrected chi connectivity index (χ4v) is 11.4. The van der Waals surface area contributed by atoms with E-state index in [9.17, 15) is 19.2 Å². The average Bonchev–Trinajstić information content (AvgIpc) is 4.01. The Kier molecular flexibility index (Phi) is 15.6. The first-order valence-corrected chi connectivity index (χ1v) is 26.5. The van der Waals surface area contributed by atoms with E-state index in [-0.39, 0.29) is 40.6 Å². The summed E-state index contributed by atoms with van der Waals surface area (Å²) in [5.74, 6) is -0.925. The maximum atomic E-state index is 14.4. The lowest BCUT2D eigenvalue weighted by atomic mass is 9.77. The molecule has 8 aromatic rings. The van der Waals surface area contributed by atoms with Crippen molar-refractivity contribution in [3.63, 3.8) is 0 Å². The summed E-state index contributed by atoms with van der Waals surface area (Å²) in [4.78, 5) is 68.2. The quantitative estimate of drug-likeness (QED) is 0.0261. The number of aromatic nitrogens is 2. The molecule has 4 heterocycles. The van der Waals surface area contributed by atoms with Gasteiger partial charge in [0.15, 0.2) is 16.6 Å². The normalized spacial score (nSPS) is 15.4. The largest absolute Gasteiger partial charge is 0.497 e. The van der Waals surface area contributed by atoms with Crippen LogP contribution < -0.4 is 25.5 Å². The van der Waals surface area contributed by atoms with E-state index in [1.54, 1.807) is 66.7 Å². The second kappa shape index (κ2) is 23.3. The number of esters is 1. The topological polar surface area (TPSA) is 163 Å². The molecule has 0 radical (unpaired) electrons. The van der Waals surface area contributed by atoms with Crippen molar-refractivity contribution in [1.29, 1.82) is 0 Å². The number of benzene rings is 6. The molecule has 2 aliphatic rings. The first kappa shape index (κ1) is 51.5. The van der Waals surface area contributed by atoms with Gasteiger partial charge in [0.2, 0.25) is 5.43 Å². The van der Waals surface area contributed by atoms with Gasteiger partial charge in [-0.3, -0.25) is 19.3 Å². The zero-order chi connectivity index (χ0) is 53.3. The van der Waals surface area contributed by atoms with Gasteiger partial charge >= 0.3 is 5.97 Å². The molecule has 2 N–H and O–H groups in total. The fraction of sp³-hybridized carbons (Fsp3) is 0.148. The van der Waals surface area contributed by atoms with Crippen molar-refractivity contribution >= 4 is 57.8 Å². The van der Waals surface area contributed by atoms with Gasteiger partial charge in [-0.15, -0.1) is 23.1 Å². The highest BCUT2D eigenvalue weighted by molar-refractivity contribution is 8.00. The van der Waals surface area contributed by atoms with E-state index in [4.69, 9.17) is 24.0 Å². The lowest BCUT2D eigenvalue weighted by Gasteiger charge is -2.49. The predicted molar refractivity (Wildman–Crippen MR) is 299 cm³/mol. The number of nitrogens with one attached hydrogen (secondary N) is 2. The van der Waals surface area contributed by atoms with Crippen LogP contribution in [0, 0.1) is 0 Å². The summed E-state index contributed by atoms with van der Waals surface area (Å²) in [6.45, 7) is -0.0866. The Balaban J connectivity index is 0.906. The van der Waals surface area contributed by atoms with Gasteiger partial charge in [0.25, 0.3) is 11.8 Å². The number of anilines is 1. The minimum Gasteiger partial charge on any atom is -0.497 e. The van der Waals surface area contributed by atoms with Gasteiger partial charge in [-0.2, -0.15) is 0 Å². The smallest absolute Gasteiger partial charge is 0.355 e. The van der Waals surface area contributed by atoms with E-state index in [0.29, 0.717) is 27.7 Å². The third-order valence-electron chi connectivity index (χ3n) is 13.2. The molecule has 386 valence electrons. The monoisotopic (exact) mass is 1060 g/mol. The summed E-state index contributed by atoms with van der Waals surface area (Å²) < 4.78 is 19.4. The second-order valence-corrected chi connectivity index (χ2v) is 19.9. The Morgan fingerprint density at radius 2 is 1.35 bits per heavy atom. The molecular formula is C61H52N6O8S2. The Morgan fingerprint density at radius 3 is 1.91 bits per heavy atom. The summed E-state index contributed by atoms with van der Waals surface area (Å²) in [7, 11) is 4.68. The number of oxime groups is 1. The lowest BCUT2D eigenvalue weighted by Crippen LogP contribution is -2.71. The Morgan fingerprint density at radius 1 is 0.779 bits per heavy atom. The molecule has 0 spiro atoms. The Bertz CT molecular complexity index is 3400. The number of allylic oxidation sites excluding steroid dienone is 1. The molecule has 77 heavy (non-hydrogen) atoms. The van der Waals surface area contributed by atoms with Crippen LogP contribution in [0.1, 0.15) is 50.9 Å². The van der Waals surface area contributed by atoms with Gasteiger partial charge in [-0.05, 0) is 57.2 Å². The number of amides is 2. The third-order valence-corrected chi connectivity index (χ3v) is 15.3. The highest BCUT2D eigenvalue weighted by atomic mass is 32.2. The molecule has 1 saturated heterocycles. The molecule has 0 unspecified atom stereocenters. The highest BCUT2D eigenvalue weighted by Gasteiger charge is 2.54. The maximum Gasteiger partial charge on any atom is 0.355 e. The van der Waals surface area contributed by atoms with E-state index in [2.05, 4.69) is 52.2 Å². The van der Waals surface area contributed by atoms with E-state index in [0.717, 1.165) is 27.8 Å². The van der Waals surface area contributed by atoms with Crippen LogP contribution in [0.4, 0.5) is 5.13 Å². The number of nitrogens with zero attached hydrogens (tertiary/aromatic N) is 4. The summed E-state index contributed by atoms with van der Waals surface area (Å²) in [6.07, 6.45) is 4.51. The van der Waals surface area contributed by atoms with Gasteiger partial charge in [-0.25, -0.2) is 9.78 Å². The predicted octanol–water partition coefficient (Wildman–Crippen LogP) is 9.88. The van der Waals surface area contributed by atoms with Crippen LogP contribution in [0.5, 0.6) is 11.5 Å². The van der Waals surface area contributed by atoms with Gasteiger partial charge in [0.05, 0.1) is 13.3 Å². The minimum absolute atomic E-state index is 0.0206. The minimum atomic E-state index is -1.05. The van der Waals surface area contributed by atoms with Gasteiger partial charge in [0, 0.05) is 29.9 Å². The van der Waals surface area contributed by atoms with Gasteiger partial charge in [0.1, 0.15) is 53.9 Å². The van der Waals surface area contributed by atoms with Crippen LogP contribution in [-0.4, -0.2) is 69.3 Å². The van der Waals surface area contributed by atoms with Crippen LogP contribution in [0.3, 0.4) is 0 Å². The molecule has 2 amide bonds. The molecule has 1 fully saturated rings. The molecule has 0 aliphatic carbocycles. The van der Waals surface area contributed by atoms with Crippen molar-refractivity contribution in [3.05, 3.63) is 266 Å². The van der Waals surface area contributed by atoms with Gasteiger partial charge < -0.3 is 34.2 Å². The molecule has 0 bridgehead atoms. The number of thioether (sulfide) groups is 1. The number of hydrogen-bond acceptors (Lipinski definition) is 13. The number of hydrogen-bond donors (Lipinski definition) is 2. The van der Waals surface area contributed by atoms with E-state index >= 15 is 0 Å². The number of ether oxygens (including phenoxy) is 3. The molecule has 16 heteroatoms. The van der Waals surface area contributed by atoms with Crippen molar-refractivity contribution in [2.75, 3.05) is 25.3 Å². The van der Waals surface area contributed by atoms with Gasteiger partial charge in [-0.1, -0.05) is 175 Å². The zero-order valence-corrected chi connectivity index (χ0v) is 43.8. The number of aryl methyl sites for hydroxylation is 1. The van der Waals surface area contributed by atoms with Crippen LogP contribution in [0.2, 0.25) is 0 Å². The molecular weight excluding hydrogens is 1010 g/mol. The standard InChI is InChI=1S/C61H52N6O8S2/c1-66-36-51(75-55(41-19-9-4-10-20-41)42-21-11-5-12-22-42)50(68)35-47(66)32-31-43-38-76-58-53(57(70)67(58)54(43)59(71)74-37-40-29-33-48(72-2)34-30-40)63-56(69)52(65-73-3)49-39-77-60(62-49)64-61(44-23-13-6-14-24-44,45-25-15-7-16-26-45)46-27-17-8-18-28-46/h4-36,39,53,55,58H,37-38H2,1-3H3,(H,62,64)(H,63,69)/b32-31?,65-52-/t53-,58-/m1/s1. The number of thiazole rings is 1. The highest BCUT2D eigenvalue weighted by Crippen LogP contribution is 2.43. The summed E-state index contributed by atoms with van der Waals surface area (Å²) in [5, 5.41) is 12.2. The number of carbonyl (C=O) groups excluding carboxylic acids is 3. The molecule has 6 aromatic carbocycles. The number of β-lactam (4-membered cyclic amide) rings is 1. The molecule has 10 rings (SSSR count). The Labute approximate surface area is 453 Å². The second-order valence-electron chi connectivity index (χ2n) is 18.0. The van der Waals surface area contributed by atoms with Crippen LogP contribution in [-0.2, 0) is 43.2 Å². The van der Waals surface area contributed by atoms with E-state index < -0.39 is 40.8 Å². The summed E-state index contributed by atoms with van der Waals surface area (Å²) in [5.41, 5.74) is 5.23. The summed E-state index contributed by atoms with van der Waals surface area (Å²) >= 11 is 2.65. The molecule has 2 aromatic heterocycles. The first-order chi connectivity index (χ1) is 37.6. The van der Waals surface area contributed by atoms with E-state index in [1.165, 1.54) is 41.2 Å².